The third kappa shape index (κ3) is 2.66. The average Bonchev–Trinajstić information content (AvgIpc) is 3.24. The highest BCUT2D eigenvalue weighted by molar-refractivity contribution is 6.02. The van der Waals surface area contributed by atoms with Crippen LogP contribution in [0.3, 0.4) is 0 Å². The molecule has 3 aromatic rings. The normalized spacial score (nSPS) is 12.5. The number of hydrogen-bond acceptors (Lipinski definition) is 4. The summed E-state index contributed by atoms with van der Waals surface area (Å²) in [7, 11) is 0. The second-order valence-corrected chi connectivity index (χ2v) is 5.26. The molecule has 0 saturated carbocycles. The van der Waals surface area contributed by atoms with Crippen molar-refractivity contribution < 1.29 is 9.53 Å². The minimum Gasteiger partial charge on any atom is -0.493 e. The number of hydrogen-bond donors (Lipinski definition) is 2. The Labute approximate surface area is 132 Å². The number of pyridine rings is 1. The number of aromatic amines is 1. The lowest BCUT2D eigenvalue weighted by Gasteiger charge is -2.01. The quantitative estimate of drug-likeness (QED) is 0.779. The summed E-state index contributed by atoms with van der Waals surface area (Å²) in [6.07, 6.45) is 2.53. The fourth-order valence-corrected chi connectivity index (χ4v) is 2.55. The molecular weight excluding hydrogens is 292 g/mol. The van der Waals surface area contributed by atoms with Gasteiger partial charge in [0.2, 0.25) is 0 Å². The van der Waals surface area contributed by atoms with E-state index in [1.54, 1.807) is 24.4 Å². The number of H-pyrrole nitrogens is 1. The Kier molecular flexibility index (Phi) is 3.27. The van der Waals surface area contributed by atoms with Crippen molar-refractivity contribution in [3.05, 3.63) is 59.9 Å². The Bertz CT molecular complexity index is 858. The summed E-state index contributed by atoms with van der Waals surface area (Å²) in [6.45, 7) is 0.719. The molecule has 0 fully saturated rings. The lowest BCUT2D eigenvalue weighted by molar-refractivity contribution is 0.102. The van der Waals surface area contributed by atoms with E-state index < -0.39 is 0 Å². The Balaban J connectivity index is 1.56. The molecule has 0 atom stereocenters. The maximum atomic E-state index is 12.2. The number of benzene rings is 1. The van der Waals surface area contributed by atoms with Crippen LogP contribution < -0.4 is 10.1 Å². The van der Waals surface area contributed by atoms with Crippen molar-refractivity contribution in [2.45, 2.75) is 6.42 Å². The van der Waals surface area contributed by atoms with Gasteiger partial charge in [-0.15, -0.1) is 0 Å². The lowest BCUT2D eigenvalue weighted by Crippen LogP contribution is -2.13. The van der Waals surface area contributed by atoms with Crippen molar-refractivity contribution in [2.75, 3.05) is 11.9 Å². The molecule has 2 aromatic heterocycles. The Morgan fingerprint density at radius 1 is 1.22 bits per heavy atom. The molecule has 23 heavy (non-hydrogen) atoms. The Hall–Kier alpha value is -3.15. The van der Waals surface area contributed by atoms with E-state index in [0.29, 0.717) is 11.5 Å². The molecule has 6 heteroatoms. The third-order valence-corrected chi connectivity index (χ3v) is 3.71. The van der Waals surface area contributed by atoms with Gasteiger partial charge in [0.05, 0.1) is 12.3 Å². The topological polar surface area (TPSA) is 79.9 Å². The first kappa shape index (κ1) is 13.5. The molecule has 0 radical (unpaired) electrons. The van der Waals surface area contributed by atoms with Gasteiger partial charge in [-0.25, -0.2) is 4.98 Å². The van der Waals surface area contributed by atoms with Crippen molar-refractivity contribution in [3.8, 4) is 17.0 Å². The summed E-state index contributed by atoms with van der Waals surface area (Å²) in [6, 6.07) is 13.0. The molecule has 1 aromatic carbocycles. The summed E-state index contributed by atoms with van der Waals surface area (Å²) >= 11 is 0. The molecule has 1 amide bonds. The molecule has 3 heterocycles. The number of fused-ring (bicyclic) bond motifs is 1. The summed E-state index contributed by atoms with van der Waals surface area (Å²) < 4.78 is 5.50. The summed E-state index contributed by atoms with van der Waals surface area (Å²) in [5, 5.41) is 9.72. The highest BCUT2D eigenvalue weighted by Crippen LogP contribution is 2.29. The van der Waals surface area contributed by atoms with Gasteiger partial charge in [0.25, 0.3) is 5.91 Å². The van der Waals surface area contributed by atoms with Gasteiger partial charge in [-0.1, -0.05) is 6.07 Å². The first-order valence-electron chi connectivity index (χ1n) is 7.33. The van der Waals surface area contributed by atoms with E-state index in [4.69, 9.17) is 4.74 Å². The fraction of sp³-hybridized carbons (Fsp3) is 0.118. The number of rotatable bonds is 3. The number of nitrogens with zero attached hydrogens (tertiary/aromatic N) is 2. The van der Waals surface area contributed by atoms with Crippen molar-refractivity contribution in [2.24, 2.45) is 0 Å². The van der Waals surface area contributed by atoms with Crippen molar-refractivity contribution in [1.82, 2.24) is 15.2 Å². The van der Waals surface area contributed by atoms with Crippen LogP contribution in [0.4, 0.5) is 5.82 Å². The second-order valence-electron chi connectivity index (χ2n) is 5.26. The second kappa shape index (κ2) is 5.57. The van der Waals surface area contributed by atoms with E-state index in [1.807, 2.05) is 18.2 Å². The van der Waals surface area contributed by atoms with Gasteiger partial charge in [0.15, 0.2) is 0 Å². The van der Waals surface area contributed by atoms with E-state index in [2.05, 4.69) is 26.6 Å². The number of ether oxygens (including phenoxy) is 1. The summed E-state index contributed by atoms with van der Waals surface area (Å²) in [5.41, 5.74) is 3.25. The maximum Gasteiger partial charge on any atom is 0.274 e. The molecule has 0 spiro atoms. The molecule has 2 N–H and O–H groups in total. The van der Waals surface area contributed by atoms with Crippen molar-refractivity contribution >= 4 is 11.7 Å². The van der Waals surface area contributed by atoms with E-state index in [-0.39, 0.29) is 5.91 Å². The predicted molar refractivity (Wildman–Crippen MR) is 85.4 cm³/mol. The zero-order valence-corrected chi connectivity index (χ0v) is 12.2. The first-order valence-corrected chi connectivity index (χ1v) is 7.33. The predicted octanol–water partition coefficient (Wildman–Crippen LogP) is 2.66. The smallest absolute Gasteiger partial charge is 0.274 e. The van der Waals surface area contributed by atoms with Gasteiger partial charge in [-0.2, -0.15) is 5.10 Å². The van der Waals surface area contributed by atoms with Crippen LogP contribution in [0.1, 0.15) is 16.1 Å². The SMILES string of the molecule is O=C(Nc1ccccn1)c1cc(-c2ccc3c(c2)CCO3)n[nH]1. The number of amides is 1. The summed E-state index contributed by atoms with van der Waals surface area (Å²) in [4.78, 5) is 16.3. The molecule has 4 rings (SSSR count). The van der Waals surface area contributed by atoms with E-state index in [9.17, 15) is 4.79 Å². The van der Waals surface area contributed by atoms with Gasteiger partial charge in [0.1, 0.15) is 17.3 Å². The Morgan fingerprint density at radius 3 is 3.04 bits per heavy atom. The average molecular weight is 306 g/mol. The monoisotopic (exact) mass is 306 g/mol. The van der Waals surface area contributed by atoms with Crippen LogP contribution in [0, 0.1) is 0 Å². The minimum absolute atomic E-state index is 0.271. The van der Waals surface area contributed by atoms with Gasteiger partial charge in [-0.3, -0.25) is 9.89 Å². The van der Waals surface area contributed by atoms with Crippen molar-refractivity contribution in [3.63, 3.8) is 0 Å². The number of carbonyl (C=O) groups excluding carboxylic acids is 1. The molecule has 0 aliphatic carbocycles. The van der Waals surface area contributed by atoms with Gasteiger partial charge in [-0.05, 0) is 42.0 Å². The third-order valence-electron chi connectivity index (χ3n) is 3.71. The van der Waals surface area contributed by atoms with Crippen LogP contribution in [0.5, 0.6) is 5.75 Å². The van der Waals surface area contributed by atoms with Crippen LogP contribution in [0.2, 0.25) is 0 Å². The largest absolute Gasteiger partial charge is 0.493 e. The van der Waals surface area contributed by atoms with Gasteiger partial charge in [0, 0.05) is 18.2 Å². The number of carbonyl (C=O) groups is 1. The van der Waals surface area contributed by atoms with Crippen LogP contribution >= 0.6 is 0 Å². The maximum absolute atomic E-state index is 12.2. The van der Waals surface area contributed by atoms with Crippen LogP contribution in [-0.4, -0.2) is 27.7 Å². The van der Waals surface area contributed by atoms with Crippen LogP contribution in [0.25, 0.3) is 11.3 Å². The molecule has 0 saturated heterocycles. The van der Waals surface area contributed by atoms with E-state index >= 15 is 0 Å². The number of aromatic nitrogens is 3. The molecule has 114 valence electrons. The van der Waals surface area contributed by atoms with Gasteiger partial charge < -0.3 is 10.1 Å². The molecule has 0 unspecified atom stereocenters. The first-order chi connectivity index (χ1) is 11.3. The highest BCUT2D eigenvalue weighted by atomic mass is 16.5. The highest BCUT2D eigenvalue weighted by Gasteiger charge is 2.15. The Morgan fingerprint density at radius 2 is 2.17 bits per heavy atom. The van der Waals surface area contributed by atoms with Crippen molar-refractivity contribution in [1.29, 1.82) is 0 Å². The molecule has 0 bridgehead atoms. The fourth-order valence-electron chi connectivity index (χ4n) is 2.55. The molecule has 1 aliphatic rings. The van der Waals surface area contributed by atoms with Crippen LogP contribution in [0.15, 0.2) is 48.7 Å². The standard InChI is InChI=1S/C17H14N4O2/c22-17(19-16-3-1-2-7-18-16)14-10-13(20-21-14)11-4-5-15-12(9-11)6-8-23-15/h1-5,7,9-10H,6,8H2,(H,20,21)(H,18,19,22). The van der Waals surface area contributed by atoms with Crippen LogP contribution in [-0.2, 0) is 6.42 Å². The number of anilines is 1. The van der Waals surface area contributed by atoms with Gasteiger partial charge >= 0.3 is 0 Å². The molecule has 6 nitrogen and oxygen atoms in total. The van der Waals surface area contributed by atoms with E-state index in [0.717, 1.165) is 30.0 Å². The zero-order chi connectivity index (χ0) is 15.6. The minimum atomic E-state index is -0.271. The van der Waals surface area contributed by atoms with E-state index in [1.165, 1.54) is 5.56 Å². The molecule has 1 aliphatic heterocycles. The zero-order valence-electron chi connectivity index (χ0n) is 12.2. The summed E-state index contributed by atoms with van der Waals surface area (Å²) in [5.74, 6) is 1.16. The molecular formula is C17H14N4O2. The lowest BCUT2D eigenvalue weighted by atomic mass is 10.1. The number of nitrogens with one attached hydrogen (secondary N) is 2.